The number of likely N-dealkylation sites (tertiary alicyclic amines) is 1. The molecule has 1 aromatic carbocycles. The summed E-state index contributed by atoms with van der Waals surface area (Å²) in [6, 6.07) is 13.9. The number of benzene rings is 1. The molecule has 4 rings (SSSR count). The number of nitrogens with one attached hydrogen (secondary N) is 1. The van der Waals surface area contributed by atoms with Crippen molar-refractivity contribution in [1.29, 1.82) is 0 Å². The predicted molar refractivity (Wildman–Crippen MR) is 102 cm³/mol. The summed E-state index contributed by atoms with van der Waals surface area (Å²) in [7, 11) is 0. The molecule has 0 radical (unpaired) electrons. The number of hydrogen-bond donors (Lipinski definition) is 1. The Bertz CT molecular complexity index is 768. The van der Waals surface area contributed by atoms with Crippen molar-refractivity contribution in [3.63, 3.8) is 0 Å². The van der Waals surface area contributed by atoms with Crippen LogP contribution in [-0.2, 0) is 11.3 Å². The van der Waals surface area contributed by atoms with Crippen LogP contribution in [0.2, 0.25) is 0 Å². The van der Waals surface area contributed by atoms with Crippen LogP contribution < -0.4 is 14.8 Å². The first kappa shape index (κ1) is 17.8. The molecular formula is C21H25N3O3. The van der Waals surface area contributed by atoms with Gasteiger partial charge in [-0.15, -0.1) is 0 Å². The van der Waals surface area contributed by atoms with Crippen molar-refractivity contribution in [2.75, 3.05) is 19.7 Å². The van der Waals surface area contributed by atoms with E-state index in [1.165, 1.54) is 0 Å². The Morgan fingerprint density at radius 2 is 2.00 bits per heavy atom. The highest BCUT2D eigenvalue weighted by Crippen LogP contribution is 2.32. The van der Waals surface area contributed by atoms with E-state index in [2.05, 4.69) is 10.3 Å². The Morgan fingerprint density at radius 1 is 1.15 bits per heavy atom. The van der Waals surface area contributed by atoms with Crippen molar-refractivity contribution in [1.82, 2.24) is 15.2 Å². The van der Waals surface area contributed by atoms with E-state index in [1.807, 2.05) is 47.4 Å². The van der Waals surface area contributed by atoms with E-state index < -0.39 is 0 Å². The van der Waals surface area contributed by atoms with Crippen LogP contribution in [0.1, 0.15) is 25.0 Å². The van der Waals surface area contributed by atoms with Gasteiger partial charge < -0.3 is 19.7 Å². The fourth-order valence-electron chi connectivity index (χ4n) is 3.70. The van der Waals surface area contributed by atoms with Gasteiger partial charge in [-0.05, 0) is 43.7 Å². The van der Waals surface area contributed by atoms with Crippen molar-refractivity contribution in [2.24, 2.45) is 0 Å². The van der Waals surface area contributed by atoms with Crippen LogP contribution in [0.5, 0.6) is 11.5 Å². The second-order valence-corrected chi connectivity index (χ2v) is 7.02. The Labute approximate surface area is 159 Å². The molecule has 142 valence electrons. The average molecular weight is 367 g/mol. The molecule has 1 fully saturated rings. The lowest BCUT2D eigenvalue weighted by atomic mass is 10.1. The highest BCUT2D eigenvalue weighted by Gasteiger charge is 2.34. The van der Waals surface area contributed by atoms with E-state index in [1.54, 1.807) is 6.20 Å². The van der Waals surface area contributed by atoms with E-state index in [0.29, 0.717) is 19.6 Å². The summed E-state index contributed by atoms with van der Waals surface area (Å²) in [4.78, 5) is 18.6. The average Bonchev–Trinajstić information content (AvgIpc) is 3.05. The molecule has 6 nitrogen and oxygen atoms in total. The summed E-state index contributed by atoms with van der Waals surface area (Å²) in [6.07, 6.45) is 4.15. The molecule has 1 saturated heterocycles. The molecule has 0 spiro atoms. The number of hydrogen-bond acceptors (Lipinski definition) is 5. The maximum atomic E-state index is 12.4. The number of fused-ring (bicyclic) bond motifs is 1. The van der Waals surface area contributed by atoms with E-state index in [-0.39, 0.29) is 18.1 Å². The van der Waals surface area contributed by atoms with Gasteiger partial charge in [-0.3, -0.25) is 9.78 Å². The summed E-state index contributed by atoms with van der Waals surface area (Å²) in [5.74, 6) is 1.75. The molecule has 1 aromatic heterocycles. The lowest BCUT2D eigenvalue weighted by molar-refractivity contribution is -0.130. The molecule has 2 aromatic rings. The number of nitrogens with zero attached hydrogens (tertiary/aromatic N) is 2. The van der Waals surface area contributed by atoms with E-state index in [4.69, 9.17) is 9.47 Å². The molecule has 0 unspecified atom stereocenters. The van der Waals surface area contributed by atoms with Crippen LogP contribution in [-0.4, -0.2) is 47.6 Å². The Morgan fingerprint density at radius 3 is 2.85 bits per heavy atom. The molecule has 2 aliphatic heterocycles. The van der Waals surface area contributed by atoms with Gasteiger partial charge >= 0.3 is 0 Å². The number of pyridine rings is 1. The molecule has 2 aliphatic rings. The van der Waals surface area contributed by atoms with Gasteiger partial charge in [0.05, 0.1) is 12.2 Å². The third-order valence-corrected chi connectivity index (χ3v) is 5.11. The monoisotopic (exact) mass is 367 g/mol. The maximum absolute atomic E-state index is 12.4. The summed E-state index contributed by atoms with van der Waals surface area (Å²) in [5, 5.41) is 3.42. The first-order valence-electron chi connectivity index (χ1n) is 9.58. The molecule has 0 saturated carbocycles. The smallest absolute Gasteiger partial charge is 0.223 e. The highest BCUT2D eigenvalue weighted by molar-refractivity contribution is 5.78. The van der Waals surface area contributed by atoms with Crippen molar-refractivity contribution < 1.29 is 14.3 Å². The van der Waals surface area contributed by atoms with Crippen LogP contribution in [0.4, 0.5) is 0 Å². The Balaban J connectivity index is 1.27. The van der Waals surface area contributed by atoms with Crippen LogP contribution in [0.25, 0.3) is 0 Å². The van der Waals surface area contributed by atoms with Gasteiger partial charge in [-0.25, -0.2) is 0 Å². The number of amides is 1. The molecule has 1 amide bonds. The fraction of sp³-hybridized carbons (Fsp3) is 0.429. The van der Waals surface area contributed by atoms with E-state index in [0.717, 1.165) is 43.1 Å². The fourth-order valence-corrected chi connectivity index (χ4v) is 3.70. The summed E-state index contributed by atoms with van der Waals surface area (Å²) in [6.45, 7) is 2.66. The highest BCUT2D eigenvalue weighted by atomic mass is 16.6. The minimum Gasteiger partial charge on any atom is -0.486 e. The maximum Gasteiger partial charge on any atom is 0.223 e. The lowest BCUT2D eigenvalue weighted by Gasteiger charge is -2.32. The molecule has 3 heterocycles. The Kier molecular flexibility index (Phi) is 5.53. The minimum atomic E-state index is -0.120. The number of carbonyl (C=O) groups is 1. The standard InChI is InChI=1S/C21H25N3O3/c25-21-9-8-17(10-12-22-13-16-5-3-4-11-23-16)24(21)14-18-15-26-19-6-1-2-7-20(19)27-18/h1-7,11,17-18,22H,8-10,12-15H2/t17-,18+/m0/s1. The van der Waals surface area contributed by atoms with E-state index in [9.17, 15) is 4.79 Å². The van der Waals surface area contributed by atoms with Gasteiger partial charge in [0, 0.05) is 25.2 Å². The van der Waals surface area contributed by atoms with Crippen molar-refractivity contribution >= 4 is 5.91 Å². The number of carbonyl (C=O) groups excluding carboxylic acids is 1. The van der Waals surface area contributed by atoms with Crippen LogP contribution in [0.3, 0.4) is 0 Å². The normalized spacial score (nSPS) is 21.5. The first-order valence-corrected chi connectivity index (χ1v) is 9.58. The first-order chi connectivity index (χ1) is 13.3. The lowest BCUT2D eigenvalue weighted by Crippen LogP contribution is -2.45. The van der Waals surface area contributed by atoms with Gasteiger partial charge in [-0.1, -0.05) is 18.2 Å². The molecule has 0 bridgehead atoms. The van der Waals surface area contributed by atoms with Crippen molar-refractivity contribution in [3.8, 4) is 11.5 Å². The minimum absolute atomic E-state index is 0.120. The number of ether oxygens (including phenoxy) is 2. The largest absolute Gasteiger partial charge is 0.486 e. The molecular weight excluding hydrogens is 342 g/mol. The quantitative estimate of drug-likeness (QED) is 0.762. The number of para-hydroxylation sites is 2. The predicted octanol–water partition coefficient (Wildman–Crippen LogP) is 2.39. The molecule has 27 heavy (non-hydrogen) atoms. The molecule has 2 atom stereocenters. The van der Waals surface area contributed by atoms with Crippen LogP contribution in [0.15, 0.2) is 48.7 Å². The van der Waals surface area contributed by atoms with Gasteiger partial charge in [0.25, 0.3) is 0 Å². The summed E-state index contributed by atoms with van der Waals surface area (Å²) < 4.78 is 11.8. The third-order valence-electron chi connectivity index (χ3n) is 5.11. The second-order valence-electron chi connectivity index (χ2n) is 7.02. The third kappa shape index (κ3) is 4.39. The summed E-state index contributed by atoms with van der Waals surface area (Å²) >= 11 is 0. The zero-order valence-corrected chi connectivity index (χ0v) is 15.3. The molecule has 0 aliphatic carbocycles. The van der Waals surface area contributed by atoms with Crippen LogP contribution >= 0.6 is 0 Å². The second kappa shape index (κ2) is 8.39. The van der Waals surface area contributed by atoms with Gasteiger partial charge in [0.1, 0.15) is 6.61 Å². The SMILES string of the molecule is O=C1CC[C@@H](CCNCc2ccccn2)N1C[C@@H]1COc2ccccc2O1. The molecule has 6 heteroatoms. The van der Waals surface area contributed by atoms with E-state index >= 15 is 0 Å². The molecule has 1 N–H and O–H groups in total. The Hall–Kier alpha value is -2.60. The van der Waals surface area contributed by atoms with Crippen molar-refractivity contribution in [3.05, 3.63) is 54.4 Å². The topological polar surface area (TPSA) is 63.7 Å². The zero-order valence-electron chi connectivity index (χ0n) is 15.3. The van der Waals surface area contributed by atoms with Gasteiger partial charge in [0.2, 0.25) is 5.91 Å². The number of aromatic nitrogens is 1. The zero-order chi connectivity index (χ0) is 18.5. The number of rotatable bonds is 7. The van der Waals surface area contributed by atoms with Crippen molar-refractivity contribution in [2.45, 2.75) is 38.0 Å². The van der Waals surface area contributed by atoms with Gasteiger partial charge in [-0.2, -0.15) is 0 Å². The van der Waals surface area contributed by atoms with Gasteiger partial charge in [0.15, 0.2) is 17.6 Å². The van der Waals surface area contributed by atoms with Crippen LogP contribution in [0, 0.1) is 0 Å². The summed E-state index contributed by atoms with van der Waals surface area (Å²) in [5.41, 5.74) is 1.03.